The van der Waals surface area contributed by atoms with E-state index in [2.05, 4.69) is 42.5 Å². The smallest absolute Gasteiger partial charge is 0.395 e. The highest BCUT2D eigenvalue weighted by molar-refractivity contribution is 7.98. The van der Waals surface area contributed by atoms with Crippen molar-refractivity contribution < 1.29 is 9.47 Å². The molecular formula is C13H17NO2S. The highest BCUT2D eigenvalue weighted by Crippen LogP contribution is 2.34. The Hall–Kier alpha value is -1.16. The Kier molecular flexibility index (Phi) is 3.62. The molecule has 17 heavy (non-hydrogen) atoms. The van der Waals surface area contributed by atoms with Gasteiger partial charge in [-0.05, 0) is 37.8 Å². The summed E-state index contributed by atoms with van der Waals surface area (Å²) in [6.45, 7) is 4.14. The highest BCUT2D eigenvalue weighted by atomic mass is 32.2. The van der Waals surface area contributed by atoms with Crippen LogP contribution in [0, 0.1) is 0 Å². The molecule has 1 atom stereocenters. The Labute approximate surface area is 106 Å². The van der Waals surface area contributed by atoms with E-state index in [0.29, 0.717) is 11.3 Å². The Morgan fingerprint density at radius 1 is 1.35 bits per heavy atom. The number of methoxy groups -OCH3 is 1. The Balaban J connectivity index is 2.09. The van der Waals surface area contributed by atoms with Crippen molar-refractivity contribution in [1.29, 1.82) is 0 Å². The topological polar surface area (TPSA) is 30.8 Å². The second-order valence-electron chi connectivity index (χ2n) is 4.55. The van der Waals surface area contributed by atoms with Crippen LogP contribution in [0.5, 0.6) is 0 Å². The molecule has 0 aromatic heterocycles. The summed E-state index contributed by atoms with van der Waals surface area (Å²) in [6, 6.07) is 10.4. The number of hydrogen-bond donors (Lipinski definition) is 0. The standard InChI is InChI=1S/C13H17NO2S/c1-13(2)11(17-14-12(15-3)16-13)9-10-7-5-4-6-8-10/h4-8,11H,9H2,1-3H3. The summed E-state index contributed by atoms with van der Waals surface area (Å²) < 4.78 is 15.0. The molecule has 0 amide bonds. The van der Waals surface area contributed by atoms with Crippen LogP contribution in [0.1, 0.15) is 19.4 Å². The molecule has 0 radical (unpaired) electrons. The van der Waals surface area contributed by atoms with E-state index in [1.165, 1.54) is 17.5 Å². The minimum atomic E-state index is -0.270. The van der Waals surface area contributed by atoms with Gasteiger partial charge in [-0.15, -0.1) is 4.40 Å². The molecule has 1 aliphatic heterocycles. The molecular weight excluding hydrogens is 234 g/mol. The summed E-state index contributed by atoms with van der Waals surface area (Å²) >= 11 is 1.54. The Morgan fingerprint density at radius 3 is 2.65 bits per heavy atom. The van der Waals surface area contributed by atoms with E-state index in [1.54, 1.807) is 7.11 Å². The zero-order valence-corrected chi connectivity index (χ0v) is 11.2. The molecule has 0 aliphatic carbocycles. The second kappa shape index (κ2) is 5.00. The van der Waals surface area contributed by atoms with Crippen molar-refractivity contribution in [2.75, 3.05) is 7.11 Å². The molecule has 0 bridgehead atoms. The molecule has 0 spiro atoms. The molecule has 1 unspecified atom stereocenters. The van der Waals surface area contributed by atoms with Gasteiger partial charge in [-0.25, -0.2) is 0 Å². The first kappa shape index (κ1) is 12.3. The lowest BCUT2D eigenvalue weighted by Crippen LogP contribution is -2.42. The first-order valence-electron chi connectivity index (χ1n) is 5.62. The molecule has 1 heterocycles. The van der Waals surface area contributed by atoms with Gasteiger partial charge in [-0.3, -0.25) is 0 Å². The molecule has 0 fully saturated rings. The van der Waals surface area contributed by atoms with E-state index >= 15 is 0 Å². The first-order valence-corrected chi connectivity index (χ1v) is 6.46. The lowest BCUT2D eigenvalue weighted by atomic mass is 9.98. The van der Waals surface area contributed by atoms with Crippen molar-refractivity contribution in [2.45, 2.75) is 31.1 Å². The molecule has 4 heteroatoms. The third kappa shape index (κ3) is 2.94. The quantitative estimate of drug-likeness (QED) is 0.757. The van der Waals surface area contributed by atoms with Crippen LogP contribution in [-0.2, 0) is 15.9 Å². The Morgan fingerprint density at radius 2 is 2.06 bits per heavy atom. The van der Waals surface area contributed by atoms with Crippen LogP contribution < -0.4 is 0 Å². The molecule has 1 aromatic rings. The monoisotopic (exact) mass is 251 g/mol. The van der Waals surface area contributed by atoms with E-state index in [9.17, 15) is 0 Å². The predicted octanol–water partition coefficient (Wildman–Crippen LogP) is 3.06. The van der Waals surface area contributed by atoms with Crippen LogP contribution in [0.3, 0.4) is 0 Å². The van der Waals surface area contributed by atoms with Crippen molar-refractivity contribution in [2.24, 2.45) is 4.40 Å². The van der Waals surface area contributed by atoms with Gasteiger partial charge in [0.1, 0.15) is 5.60 Å². The average molecular weight is 251 g/mol. The molecule has 2 rings (SSSR count). The zero-order valence-electron chi connectivity index (χ0n) is 10.3. The fourth-order valence-electron chi connectivity index (χ4n) is 1.73. The van der Waals surface area contributed by atoms with Crippen LogP contribution in [0.4, 0.5) is 0 Å². The van der Waals surface area contributed by atoms with Gasteiger partial charge in [-0.2, -0.15) is 0 Å². The van der Waals surface area contributed by atoms with Gasteiger partial charge < -0.3 is 9.47 Å². The van der Waals surface area contributed by atoms with Crippen LogP contribution in [0.2, 0.25) is 0 Å². The largest absolute Gasteiger partial charge is 0.453 e. The van der Waals surface area contributed by atoms with Crippen LogP contribution in [0.25, 0.3) is 0 Å². The SMILES string of the molecule is COC1=NSC(Cc2ccccc2)C(C)(C)O1. The molecule has 0 saturated carbocycles. The van der Waals surface area contributed by atoms with Gasteiger partial charge in [0.2, 0.25) is 0 Å². The number of hydrogen-bond acceptors (Lipinski definition) is 4. The van der Waals surface area contributed by atoms with Gasteiger partial charge in [0.25, 0.3) is 0 Å². The number of nitrogens with zero attached hydrogens (tertiary/aromatic N) is 1. The minimum absolute atomic E-state index is 0.270. The first-order chi connectivity index (χ1) is 8.12. The van der Waals surface area contributed by atoms with Crippen molar-refractivity contribution >= 4 is 18.0 Å². The van der Waals surface area contributed by atoms with Gasteiger partial charge in [0.05, 0.1) is 12.4 Å². The predicted molar refractivity (Wildman–Crippen MR) is 71.1 cm³/mol. The number of rotatable bonds is 2. The molecule has 92 valence electrons. The third-order valence-corrected chi connectivity index (χ3v) is 4.06. The molecule has 0 N–H and O–H groups in total. The summed E-state index contributed by atoms with van der Waals surface area (Å²) in [5, 5.41) is 0.295. The van der Waals surface area contributed by atoms with Gasteiger partial charge in [0.15, 0.2) is 0 Å². The lowest BCUT2D eigenvalue weighted by Gasteiger charge is -2.35. The lowest BCUT2D eigenvalue weighted by molar-refractivity contribution is 0.0481. The maximum absolute atomic E-state index is 5.71. The van der Waals surface area contributed by atoms with Crippen molar-refractivity contribution in [3.8, 4) is 0 Å². The minimum Gasteiger partial charge on any atom is -0.453 e. The third-order valence-electron chi connectivity index (χ3n) is 2.82. The van der Waals surface area contributed by atoms with Crippen LogP contribution >= 0.6 is 11.9 Å². The number of benzene rings is 1. The summed E-state index contributed by atoms with van der Waals surface area (Å²) in [5.74, 6) is 0. The normalized spacial score (nSPS) is 22.5. The maximum atomic E-state index is 5.71. The molecule has 1 aromatic carbocycles. The summed E-state index contributed by atoms with van der Waals surface area (Å²) in [6.07, 6.45) is 1.31. The van der Waals surface area contributed by atoms with E-state index in [1.807, 2.05) is 6.07 Å². The highest BCUT2D eigenvalue weighted by Gasteiger charge is 2.37. The molecule has 1 aliphatic rings. The average Bonchev–Trinajstić information content (AvgIpc) is 2.33. The molecule has 3 nitrogen and oxygen atoms in total. The second-order valence-corrected chi connectivity index (χ2v) is 5.51. The van der Waals surface area contributed by atoms with E-state index in [-0.39, 0.29) is 5.60 Å². The zero-order chi connectivity index (χ0) is 12.3. The maximum Gasteiger partial charge on any atom is 0.395 e. The van der Waals surface area contributed by atoms with Gasteiger partial charge in [0, 0.05) is 0 Å². The van der Waals surface area contributed by atoms with Crippen molar-refractivity contribution in [3.05, 3.63) is 35.9 Å². The summed E-state index contributed by atoms with van der Waals surface area (Å²) in [7, 11) is 1.58. The van der Waals surface area contributed by atoms with E-state index in [0.717, 1.165) is 6.42 Å². The van der Waals surface area contributed by atoms with Crippen molar-refractivity contribution in [1.82, 2.24) is 0 Å². The van der Waals surface area contributed by atoms with Gasteiger partial charge >= 0.3 is 6.08 Å². The van der Waals surface area contributed by atoms with Crippen LogP contribution in [-0.4, -0.2) is 24.0 Å². The van der Waals surface area contributed by atoms with Crippen molar-refractivity contribution in [3.63, 3.8) is 0 Å². The number of ether oxygens (including phenoxy) is 2. The Bertz CT molecular complexity index is 403. The summed E-state index contributed by atoms with van der Waals surface area (Å²) in [5.41, 5.74) is 1.03. The molecule has 0 saturated heterocycles. The van der Waals surface area contributed by atoms with E-state index < -0.39 is 0 Å². The summed E-state index contributed by atoms with van der Waals surface area (Å²) in [4.78, 5) is 0. The van der Waals surface area contributed by atoms with Gasteiger partial charge in [-0.1, -0.05) is 30.3 Å². The fraction of sp³-hybridized carbons (Fsp3) is 0.462. The van der Waals surface area contributed by atoms with Crippen LogP contribution in [0.15, 0.2) is 34.7 Å². The fourth-order valence-corrected chi connectivity index (χ4v) is 2.63. The van der Waals surface area contributed by atoms with E-state index in [4.69, 9.17) is 9.47 Å².